The molecule has 4 rings (SSSR count). The predicted molar refractivity (Wildman–Crippen MR) is 156 cm³/mol. The van der Waals surface area contributed by atoms with Crippen molar-refractivity contribution in [3.63, 3.8) is 0 Å². The van der Waals surface area contributed by atoms with Gasteiger partial charge in [0.15, 0.2) is 11.5 Å². The highest BCUT2D eigenvalue weighted by Crippen LogP contribution is 2.47. The topological polar surface area (TPSA) is 54.0 Å². The van der Waals surface area contributed by atoms with Gasteiger partial charge in [-0.15, -0.1) is 0 Å². The first kappa shape index (κ1) is 28.5. The minimum absolute atomic E-state index is 0.170. The number of benzene rings is 3. The summed E-state index contributed by atoms with van der Waals surface area (Å²) < 4.78 is 23.4. The molecule has 2 atom stereocenters. The van der Waals surface area contributed by atoms with E-state index in [-0.39, 0.29) is 28.6 Å². The van der Waals surface area contributed by atoms with Gasteiger partial charge in [-0.3, -0.25) is 4.79 Å². The Morgan fingerprint density at radius 1 is 0.769 bits per heavy atom. The van der Waals surface area contributed by atoms with Gasteiger partial charge < -0.3 is 18.9 Å². The number of methoxy groups -OCH3 is 3. The van der Waals surface area contributed by atoms with Crippen molar-refractivity contribution in [2.75, 3.05) is 21.3 Å². The molecule has 0 saturated heterocycles. The van der Waals surface area contributed by atoms with Crippen molar-refractivity contribution in [2.45, 2.75) is 71.1 Å². The van der Waals surface area contributed by atoms with Gasteiger partial charge in [-0.25, -0.2) is 0 Å². The lowest BCUT2D eigenvalue weighted by molar-refractivity contribution is -0.140. The van der Waals surface area contributed by atoms with Crippen LogP contribution < -0.4 is 18.9 Å². The molecule has 1 aliphatic rings. The molecule has 3 aromatic carbocycles. The largest absolute Gasteiger partial charge is 0.497 e. The SMILES string of the molecule is COc1cc(C(C)(C)C)c(OC(=O)[C@H]2CCc3cc(OC)c(OC)cc3[C@H]2c2ccccc2)c(C(C)(C)C)c1. The van der Waals surface area contributed by atoms with E-state index in [9.17, 15) is 4.79 Å². The van der Waals surface area contributed by atoms with Crippen molar-refractivity contribution in [2.24, 2.45) is 5.92 Å². The first-order valence-electron chi connectivity index (χ1n) is 13.6. The molecular weight excluding hydrogens is 488 g/mol. The van der Waals surface area contributed by atoms with Crippen LogP contribution in [-0.4, -0.2) is 27.3 Å². The number of esters is 1. The zero-order chi connectivity index (χ0) is 28.5. The fourth-order valence-electron chi connectivity index (χ4n) is 5.58. The van der Waals surface area contributed by atoms with E-state index in [1.807, 2.05) is 42.5 Å². The second kappa shape index (κ2) is 11.0. The van der Waals surface area contributed by atoms with E-state index in [4.69, 9.17) is 18.9 Å². The molecule has 0 bridgehead atoms. The van der Waals surface area contributed by atoms with Gasteiger partial charge in [0, 0.05) is 17.0 Å². The normalized spacial score (nSPS) is 17.3. The van der Waals surface area contributed by atoms with E-state index in [1.54, 1.807) is 21.3 Å². The molecule has 0 heterocycles. The number of aryl methyl sites for hydroxylation is 1. The Hall–Kier alpha value is -3.47. The molecule has 208 valence electrons. The van der Waals surface area contributed by atoms with E-state index in [2.05, 4.69) is 53.7 Å². The molecule has 0 amide bonds. The van der Waals surface area contributed by atoms with Gasteiger partial charge in [-0.05, 0) is 64.6 Å². The highest BCUT2D eigenvalue weighted by atomic mass is 16.5. The van der Waals surface area contributed by atoms with E-state index >= 15 is 0 Å². The fraction of sp³-hybridized carbons (Fsp3) is 0.441. The van der Waals surface area contributed by atoms with Gasteiger partial charge in [-0.1, -0.05) is 71.9 Å². The van der Waals surface area contributed by atoms with Gasteiger partial charge in [0.25, 0.3) is 0 Å². The summed E-state index contributed by atoms with van der Waals surface area (Å²) in [6.07, 6.45) is 1.42. The monoisotopic (exact) mass is 530 g/mol. The van der Waals surface area contributed by atoms with E-state index in [1.165, 1.54) is 5.56 Å². The van der Waals surface area contributed by atoms with Crippen LogP contribution in [0.2, 0.25) is 0 Å². The lowest BCUT2D eigenvalue weighted by Crippen LogP contribution is -2.33. The molecule has 0 N–H and O–H groups in total. The van der Waals surface area contributed by atoms with Gasteiger partial charge in [0.2, 0.25) is 0 Å². The highest BCUT2D eigenvalue weighted by molar-refractivity contribution is 5.79. The Labute approximate surface area is 233 Å². The number of fused-ring (bicyclic) bond motifs is 1. The maximum absolute atomic E-state index is 14.2. The number of ether oxygens (including phenoxy) is 4. The fourth-order valence-corrected chi connectivity index (χ4v) is 5.58. The van der Waals surface area contributed by atoms with Crippen LogP contribution in [0, 0.1) is 5.92 Å². The number of hydrogen-bond donors (Lipinski definition) is 0. The standard InChI is InChI=1S/C34H42O5/c1-33(2,3)26-18-23(36-7)19-27(34(4,5)6)31(26)39-32(35)24-16-15-22-17-28(37-8)29(38-9)20-25(22)30(24)21-13-11-10-12-14-21/h10-14,17-20,24,30H,15-16H2,1-9H3/t24-,30-/m0/s1. The molecule has 0 spiro atoms. The van der Waals surface area contributed by atoms with Crippen LogP contribution >= 0.6 is 0 Å². The smallest absolute Gasteiger partial charge is 0.315 e. The van der Waals surface area contributed by atoms with Crippen LogP contribution in [0.25, 0.3) is 0 Å². The Kier molecular flexibility index (Phi) is 8.02. The number of carbonyl (C=O) groups is 1. The molecular formula is C34H42O5. The summed E-state index contributed by atoms with van der Waals surface area (Å²) in [4.78, 5) is 14.2. The second-order valence-electron chi connectivity index (χ2n) is 12.4. The molecule has 0 radical (unpaired) electrons. The summed E-state index contributed by atoms with van der Waals surface area (Å²) in [5.74, 6) is 2.02. The Bertz CT molecular complexity index is 1290. The molecule has 5 heteroatoms. The van der Waals surface area contributed by atoms with Crippen molar-refractivity contribution in [3.05, 3.63) is 82.4 Å². The van der Waals surface area contributed by atoms with Crippen LogP contribution in [0.15, 0.2) is 54.6 Å². The number of rotatable bonds is 6. The molecule has 39 heavy (non-hydrogen) atoms. The molecule has 0 aromatic heterocycles. The molecule has 0 unspecified atom stereocenters. The van der Waals surface area contributed by atoms with E-state index in [0.29, 0.717) is 23.7 Å². The van der Waals surface area contributed by atoms with Gasteiger partial charge in [0.05, 0.1) is 27.2 Å². The summed E-state index contributed by atoms with van der Waals surface area (Å²) in [6, 6.07) is 18.3. The Balaban J connectivity index is 1.84. The van der Waals surface area contributed by atoms with Crippen LogP contribution in [0.5, 0.6) is 23.0 Å². The minimum Gasteiger partial charge on any atom is -0.497 e. The maximum Gasteiger partial charge on any atom is 0.315 e. The summed E-state index contributed by atoms with van der Waals surface area (Å²) in [5.41, 5.74) is 4.72. The number of hydrogen-bond acceptors (Lipinski definition) is 5. The second-order valence-corrected chi connectivity index (χ2v) is 12.4. The van der Waals surface area contributed by atoms with Gasteiger partial charge in [0.1, 0.15) is 11.5 Å². The van der Waals surface area contributed by atoms with Crippen molar-refractivity contribution in [1.82, 2.24) is 0 Å². The third-order valence-corrected chi connectivity index (χ3v) is 7.69. The van der Waals surface area contributed by atoms with Crippen LogP contribution in [-0.2, 0) is 22.0 Å². The van der Waals surface area contributed by atoms with E-state index in [0.717, 1.165) is 34.4 Å². The third-order valence-electron chi connectivity index (χ3n) is 7.69. The van der Waals surface area contributed by atoms with Gasteiger partial charge >= 0.3 is 5.97 Å². The quantitative estimate of drug-likeness (QED) is 0.243. The first-order chi connectivity index (χ1) is 18.4. The highest BCUT2D eigenvalue weighted by Gasteiger charge is 2.39. The van der Waals surface area contributed by atoms with Crippen molar-refractivity contribution < 1.29 is 23.7 Å². The van der Waals surface area contributed by atoms with Crippen LogP contribution in [0.4, 0.5) is 0 Å². The molecule has 0 fully saturated rings. The summed E-state index contributed by atoms with van der Waals surface area (Å²) in [5, 5.41) is 0. The molecule has 1 aliphatic carbocycles. The van der Waals surface area contributed by atoms with Crippen molar-refractivity contribution in [3.8, 4) is 23.0 Å². The number of carbonyl (C=O) groups excluding carboxylic acids is 1. The summed E-state index contributed by atoms with van der Waals surface area (Å²) >= 11 is 0. The van der Waals surface area contributed by atoms with Crippen LogP contribution in [0.1, 0.15) is 81.7 Å². The zero-order valence-corrected chi connectivity index (χ0v) is 24.8. The van der Waals surface area contributed by atoms with E-state index < -0.39 is 0 Å². The predicted octanol–water partition coefficient (Wildman–Crippen LogP) is 7.61. The average Bonchev–Trinajstić information content (AvgIpc) is 2.90. The molecule has 5 nitrogen and oxygen atoms in total. The average molecular weight is 531 g/mol. The summed E-state index contributed by atoms with van der Waals surface area (Å²) in [7, 11) is 4.96. The summed E-state index contributed by atoms with van der Waals surface area (Å²) in [6.45, 7) is 12.8. The van der Waals surface area contributed by atoms with Gasteiger partial charge in [-0.2, -0.15) is 0 Å². The lowest BCUT2D eigenvalue weighted by atomic mass is 9.71. The maximum atomic E-state index is 14.2. The molecule has 3 aromatic rings. The molecule has 0 aliphatic heterocycles. The third kappa shape index (κ3) is 5.78. The van der Waals surface area contributed by atoms with Crippen molar-refractivity contribution >= 4 is 5.97 Å². The lowest BCUT2D eigenvalue weighted by Gasteiger charge is -2.35. The zero-order valence-electron chi connectivity index (χ0n) is 24.8. The Morgan fingerprint density at radius 3 is 1.85 bits per heavy atom. The van der Waals surface area contributed by atoms with Crippen molar-refractivity contribution in [1.29, 1.82) is 0 Å². The minimum atomic E-state index is -0.360. The first-order valence-corrected chi connectivity index (χ1v) is 13.6. The van der Waals surface area contributed by atoms with Crippen LogP contribution in [0.3, 0.4) is 0 Å². The molecule has 0 saturated carbocycles. The Morgan fingerprint density at radius 2 is 1.33 bits per heavy atom.